The third kappa shape index (κ3) is 2.61. The molecule has 4 nitrogen and oxygen atoms in total. The topological polar surface area (TPSA) is 35.1 Å². The summed E-state index contributed by atoms with van der Waals surface area (Å²) in [5.74, 6) is -0.240. The highest BCUT2D eigenvalue weighted by Gasteiger charge is 2.16. The first-order valence-corrected chi connectivity index (χ1v) is 9.09. The number of imidazole rings is 1. The minimum atomic E-state index is -0.240. The number of halogens is 2. The first-order chi connectivity index (χ1) is 11.7. The van der Waals surface area contributed by atoms with E-state index in [4.69, 9.17) is 0 Å². The molecule has 1 aromatic carbocycles. The molecule has 0 saturated carbocycles. The molecule has 5 aromatic rings. The van der Waals surface area contributed by atoms with Gasteiger partial charge in [-0.2, -0.15) is 16.4 Å². The molecule has 0 amide bonds. The van der Waals surface area contributed by atoms with E-state index in [1.165, 1.54) is 17.4 Å². The Hall–Kier alpha value is -2.03. The first kappa shape index (κ1) is 16.4. The van der Waals surface area contributed by atoms with E-state index in [2.05, 4.69) is 15.5 Å². The van der Waals surface area contributed by atoms with Crippen molar-refractivity contribution in [3.63, 3.8) is 0 Å². The van der Waals surface area contributed by atoms with Gasteiger partial charge in [-0.05, 0) is 29.6 Å². The zero-order valence-corrected chi connectivity index (χ0v) is 16.4. The summed E-state index contributed by atoms with van der Waals surface area (Å²) in [7, 11) is 1.96. The Kier molecular flexibility index (Phi) is 3.98. The lowest BCUT2D eigenvalue weighted by atomic mass is 10.2. The number of benzene rings is 1. The fourth-order valence-corrected chi connectivity index (χ4v) is 4.45. The van der Waals surface area contributed by atoms with Gasteiger partial charge in [0.25, 0.3) is 0 Å². The van der Waals surface area contributed by atoms with Crippen LogP contribution in [-0.2, 0) is 7.05 Å². The molecule has 0 saturated heterocycles. The van der Waals surface area contributed by atoms with Gasteiger partial charge in [-0.3, -0.25) is 0 Å². The van der Waals surface area contributed by atoms with Gasteiger partial charge in [0, 0.05) is 40.7 Å². The van der Waals surface area contributed by atoms with Crippen LogP contribution in [0.25, 0.3) is 37.7 Å². The van der Waals surface area contributed by atoms with E-state index in [-0.39, 0.29) is 22.8 Å². The van der Waals surface area contributed by atoms with E-state index in [0.29, 0.717) is 0 Å². The van der Waals surface area contributed by atoms with Crippen molar-refractivity contribution in [2.75, 3.05) is 0 Å². The van der Waals surface area contributed by atoms with Crippen LogP contribution in [0.2, 0.25) is 0 Å². The molecule has 0 unspecified atom stereocenters. The van der Waals surface area contributed by atoms with Crippen LogP contribution < -0.4 is 0 Å². The van der Waals surface area contributed by atoms with Gasteiger partial charge in [-0.1, -0.05) is 11.3 Å². The first-order valence-electron chi connectivity index (χ1n) is 7.33. The van der Waals surface area contributed by atoms with Gasteiger partial charge in [0.05, 0.1) is 11.9 Å². The molecule has 5 rings (SSSR count). The van der Waals surface area contributed by atoms with E-state index in [9.17, 15) is 4.39 Å². The van der Waals surface area contributed by atoms with Crippen LogP contribution in [-0.4, -0.2) is 19.2 Å². The number of hydrogen-bond acceptors (Lipinski definition) is 4. The van der Waals surface area contributed by atoms with Gasteiger partial charge >= 0.3 is 0 Å². The molecule has 8 heteroatoms. The highest BCUT2D eigenvalue weighted by atomic mass is 79.9. The molecular formula is C17H12BrFN4S2. The zero-order valence-electron chi connectivity index (χ0n) is 13.0. The van der Waals surface area contributed by atoms with E-state index >= 15 is 0 Å². The molecule has 0 aliphatic rings. The SMILES string of the molecule is Br.Cn1cc(-c2nn3cc(-c4ccsc4)nc3s2)c2cc(F)ccc21. The van der Waals surface area contributed by atoms with Crippen molar-refractivity contribution in [3.8, 4) is 21.8 Å². The van der Waals surface area contributed by atoms with E-state index in [1.807, 2.05) is 35.5 Å². The summed E-state index contributed by atoms with van der Waals surface area (Å²) in [4.78, 5) is 5.48. The lowest BCUT2D eigenvalue weighted by Crippen LogP contribution is -1.83. The summed E-state index contributed by atoms with van der Waals surface area (Å²) in [6.07, 6.45) is 3.92. The zero-order chi connectivity index (χ0) is 16.3. The predicted molar refractivity (Wildman–Crippen MR) is 106 cm³/mol. The molecule has 0 radical (unpaired) electrons. The molecule has 0 bridgehead atoms. The van der Waals surface area contributed by atoms with Crippen LogP contribution in [0, 0.1) is 5.82 Å². The maximum atomic E-state index is 13.7. The van der Waals surface area contributed by atoms with Crippen molar-refractivity contribution in [3.05, 3.63) is 53.2 Å². The molecule has 4 aromatic heterocycles. The van der Waals surface area contributed by atoms with Crippen LogP contribution in [0.3, 0.4) is 0 Å². The molecule has 25 heavy (non-hydrogen) atoms. The van der Waals surface area contributed by atoms with Crippen molar-refractivity contribution in [2.24, 2.45) is 7.05 Å². The van der Waals surface area contributed by atoms with Gasteiger partial charge in [0.1, 0.15) is 10.8 Å². The second-order valence-corrected chi connectivity index (χ2v) is 7.32. The normalized spacial score (nSPS) is 11.3. The van der Waals surface area contributed by atoms with Gasteiger partial charge in [0.15, 0.2) is 0 Å². The summed E-state index contributed by atoms with van der Waals surface area (Å²) in [6, 6.07) is 6.88. The van der Waals surface area contributed by atoms with Gasteiger partial charge in [0.2, 0.25) is 4.96 Å². The van der Waals surface area contributed by atoms with Crippen molar-refractivity contribution < 1.29 is 4.39 Å². The lowest BCUT2D eigenvalue weighted by molar-refractivity contribution is 0.629. The molecule has 0 aliphatic carbocycles. The standard InChI is InChI=1S/C17H11FN4S2.BrH/c1-21-7-13(12-6-11(18)2-3-15(12)21)16-20-22-8-14(19-17(22)24-16)10-4-5-23-9-10;/h2-9H,1H3;1H. The summed E-state index contributed by atoms with van der Waals surface area (Å²) < 4.78 is 17.4. The largest absolute Gasteiger partial charge is 0.350 e. The monoisotopic (exact) mass is 434 g/mol. The van der Waals surface area contributed by atoms with Crippen LogP contribution in [0.5, 0.6) is 0 Å². The number of aromatic nitrogens is 4. The maximum Gasteiger partial charge on any atom is 0.213 e. The number of fused-ring (bicyclic) bond motifs is 2. The summed E-state index contributed by atoms with van der Waals surface area (Å²) >= 11 is 3.16. The summed E-state index contributed by atoms with van der Waals surface area (Å²) in [5.41, 5.74) is 3.94. The lowest BCUT2D eigenvalue weighted by Gasteiger charge is -1.95. The van der Waals surface area contributed by atoms with Gasteiger partial charge in [-0.25, -0.2) is 13.9 Å². The quantitative estimate of drug-likeness (QED) is 0.373. The second-order valence-electron chi connectivity index (χ2n) is 5.59. The Morgan fingerprint density at radius 1 is 1.16 bits per heavy atom. The second kappa shape index (κ2) is 6.05. The summed E-state index contributed by atoms with van der Waals surface area (Å²) in [5, 5.41) is 10.5. The molecule has 0 fully saturated rings. The predicted octanol–water partition coefficient (Wildman–Crippen LogP) is 5.40. The average molecular weight is 435 g/mol. The van der Waals surface area contributed by atoms with E-state index < -0.39 is 0 Å². The number of thiophene rings is 1. The van der Waals surface area contributed by atoms with Crippen molar-refractivity contribution in [1.82, 2.24) is 19.2 Å². The number of rotatable bonds is 2. The van der Waals surface area contributed by atoms with Crippen LogP contribution >= 0.6 is 39.7 Å². The van der Waals surface area contributed by atoms with Gasteiger partial charge < -0.3 is 4.57 Å². The van der Waals surface area contributed by atoms with E-state index in [1.54, 1.807) is 28.0 Å². The Balaban J connectivity index is 0.00000157. The Labute approximate surface area is 160 Å². The number of nitrogens with zero attached hydrogens (tertiary/aromatic N) is 4. The van der Waals surface area contributed by atoms with Crippen LogP contribution in [0.4, 0.5) is 4.39 Å². The molecule has 0 aliphatic heterocycles. The molecule has 0 spiro atoms. The summed E-state index contributed by atoms with van der Waals surface area (Å²) in [6.45, 7) is 0. The smallest absolute Gasteiger partial charge is 0.213 e. The van der Waals surface area contributed by atoms with Crippen molar-refractivity contribution in [1.29, 1.82) is 0 Å². The Morgan fingerprint density at radius 3 is 2.80 bits per heavy atom. The molecular weight excluding hydrogens is 423 g/mol. The van der Waals surface area contributed by atoms with Crippen molar-refractivity contribution in [2.45, 2.75) is 0 Å². The minimum absolute atomic E-state index is 0. The Bertz CT molecular complexity index is 1160. The third-order valence-electron chi connectivity index (χ3n) is 4.04. The van der Waals surface area contributed by atoms with Gasteiger partial charge in [-0.15, -0.1) is 17.0 Å². The van der Waals surface area contributed by atoms with Crippen LogP contribution in [0.15, 0.2) is 47.4 Å². The third-order valence-corrected chi connectivity index (χ3v) is 5.68. The number of hydrogen-bond donors (Lipinski definition) is 0. The molecule has 0 N–H and O–H groups in total. The van der Waals surface area contributed by atoms with Crippen molar-refractivity contribution >= 4 is 55.5 Å². The van der Waals surface area contributed by atoms with E-state index in [0.717, 1.165) is 37.7 Å². The number of aryl methyl sites for hydroxylation is 1. The maximum absolute atomic E-state index is 13.7. The fourth-order valence-electron chi connectivity index (χ4n) is 2.89. The van der Waals surface area contributed by atoms with Crippen LogP contribution in [0.1, 0.15) is 0 Å². The highest BCUT2D eigenvalue weighted by molar-refractivity contribution is 8.93. The Morgan fingerprint density at radius 2 is 2.04 bits per heavy atom. The molecule has 0 atom stereocenters. The highest BCUT2D eigenvalue weighted by Crippen LogP contribution is 2.34. The molecule has 126 valence electrons. The minimum Gasteiger partial charge on any atom is -0.350 e. The average Bonchev–Trinajstić information content (AvgIpc) is 3.28. The molecule has 4 heterocycles. The fraction of sp³-hybridized carbons (Fsp3) is 0.0588.